The summed E-state index contributed by atoms with van der Waals surface area (Å²) in [6, 6.07) is 17.7. The smallest absolute Gasteiger partial charge is 0.226 e. The maximum absolute atomic E-state index is 12.6. The number of piperidine rings is 1. The van der Waals surface area contributed by atoms with Crippen molar-refractivity contribution in [1.29, 1.82) is 0 Å². The number of carbonyl (C=O) groups excluding carboxylic acids is 1. The highest BCUT2D eigenvalue weighted by Gasteiger charge is 2.32. The maximum Gasteiger partial charge on any atom is 0.226 e. The van der Waals surface area contributed by atoms with Gasteiger partial charge in [0.15, 0.2) is 0 Å². The quantitative estimate of drug-likeness (QED) is 0.572. The van der Waals surface area contributed by atoms with Crippen LogP contribution in [-0.4, -0.2) is 34.8 Å². The van der Waals surface area contributed by atoms with Gasteiger partial charge < -0.3 is 15.5 Å². The lowest BCUT2D eigenvalue weighted by Gasteiger charge is -2.40. The summed E-state index contributed by atoms with van der Waals surface area (Å²) in [5.41, 5.74) is 5.64. The summed E-state index contributed by atoms with van der Waals surface area (Å²) >= 11 is 0. The number of aromatic nitrogens is 2. The Balaban J connectivity index is 1.32. The minimum atomic E-state index is 0.157. The molecule has 3 aromatic rings. The molecule has 1 fully saturated rings. The Bertz CT molecular complexity index is 1100. The van der Waals surface area contributed by atoms with E-state index in [0.717, 1.165) is 49.3 Å². The average Bonchev–Trinajstić information content (AvgIpc) is 3.35. The van der Waals surface area contributed by atoms with Crippen LogP contribution in [0, 0.1) is 0 Å². The highest BCUT2D eigenvalue weighted by molar-refractivity contribution is 5.95. The first-order chi connectivity index (χ1) is 16.1. The summed E-state index contributed by atoms with van der Waals surface area (Å²) in [7, 11) is 0. The first-order valence-electron chi connectivity index (χ1n) is 12.2. The molecule has 2 aromatic carbocycles. The van der Waals surface area contributed by atoms with E-state index in [4.69, 9.17) is 0 Å². The average molecular weight is 444 g/mol. The molecule has 33 heavy (non-hydrogen) atoms. The van der Waals surface area contributed by atoms with Crippen LogP contribution in [0.5, 0.6) is 0 Å². The molecule has 0 spiro atoms. The van der Waals surface area contributed by atoms with Crippen molar-refractivity contribution in [1.82, 2.24) is 15.1 Å². The Morgan fingerprint density at radius 1 is 1.09 bits per heavy atom. The number of amides is 1. The summed E-state index contributed by atoms with van der Waals surface area (Å²) in [5.74, 6) is 0.183. The third kappa shape index (κ3) is 4.40. The van der Waals surface area contributed by atoms with Crippen molar-refractivity contribution in [3.63, 3.8) is 0 Å². The minimum Gasteiger partial charge on any atom is -0.378 e. The number of nitrogens with zero attached hydrogens (tertiary/aromatic N) is 3. The van der Waals surface area contributed by atoms with Crippen molar-refractivity contribution in [3.8, 4) is 11.1 Å². The number of fused-ring (bicyclic) bond motifs is 1. The van der Waals surface area contributed by atoms with E-state index < -0.39 is 0 Å². The van der Waals surface area contributed by atoms with E-state index in [-0.39, 0.29) is 18.0 Å². The zero-order valence-electron chi connectivity index (χ0n) is 19.5. The number of carbonyl (C=O) groups is 1. The van der Waals surface area contributed by atoms with E-state index in [0.29, 0.717) is 12.5 Å². The van der Waals surface area contributed by atoms with E-state index in [2.05, 4.69) is 76.0 Å². The fourth-order valence-corrected chi connectivity index (χ4v) is 5.22. The van der Waals surface area contributed by atoms with Crippen LogP contribution in [0.2, 0.25) is 0 Å². The molecule has 172 valence electrons. The van der Waals surface area contributed by atoms with Crippen molar-refractivity contribution < 1.29 is 4.79 Å². The SMILES string of the molecule is CCC(=O)N1c2ccccc2[C@H](Nc2ccc(-c3cnn(C4CCNCC4)c3)cc2)C[C@@H]1C. The second kappa shape index (κ2) is 9.40. The molecule has 0 unspecified atom stereocenters. The largest absolute Gasteiger partial charge is 0.378 e. The molecule has 5 rings (SSSR count). The fraction of sp³-hybridized carbons (Fsp3) is 0.407. The summed E-state index contributed by atoms with van der Waals surface area (Å²) in [5, 5.41) is 11.8. The lowest BCUT2D eigenvalue weighted by molar-refractivity contribution is -0.118. The van der Waals surface area contributed by atoms with Gasteiger partial charge in [-0.05, 0) is 68.6 Å². The van der Waals surface area contributed by atoms with Gasteiger partial charge in [0, 0.05) is 35.6 Å². The van der Waals surface area contributed by atoms with Crippen molar-refractivity contribution in [2.45, 2.75) is 57.7 Å². The molecule has 3 heterocycles. The molecule has 0 radical (unpaired) electrons. The number of rotatable bonds is 5. The van der Waals surface area contributed by atoms with Gasteiger partial charge in [-0.25, -0.2) is 0 Å². The lowest BCUT2D eigenvalue weighted by atomic mass is 9.91. The van der Waals surface area contributed by atoms with Crippen LogP contribution in [0.1, 0.15) is 57.2 Å². The summed E-state index contributed by atoms with van der Waals surface area (Å²) in [6.45, 7) is 6.20. The van der Waals surface area contributed by atoms with E-state index in [9.17, 15) is 4.79 Å². The van der Waals surface area contributed by atoms with E-state index >= 15 is 0 Å². The summed E-state index contributed by atoms with van der Waals surface area (Å²) < 4.78 is 2.13. The van der Waals surface area contributed by atoms with Gasteiger partial charge in [0.25, 0.3) is 0 Å². The normalized spacial score (nSPS) is 21.0. The van der Waals surface area contributed by atoms with Crippen LogP contribution in [0.4, 0.5) is 11.4 Å². The highest BCUT2D eigenvalue weighted by Crippen LogP contribution is 2.39. The molecule has 1 amide bonds. The van der Waals surface area contributed by atoms with Gasteiger partial charge in [-0.2, -0.15) is 5.10 Å². The molecule has 1 aromatic heterocycles. The zero-order valence-corrected chi connectivity index (χ0v) is 19.5. The Morgan fingerprint density at radius 2 is 1.85 bits per heavy atom. The molecule has 2 N–H and O–H groups in total. The van der Waals surface area contributed by atoms with E-state index in [1.165, 1.54) is 11.1 Å². The predicted molar refractivity (Wildman–Crippen MR) is 133 cm³/mol. The van der Waals surface area contributed by atoms with Crippen molar-refractivity contribution in [2.24, 2.45) is 0 Å². The molecular formula is C27H33N5O. The van der Waals surface area contributed by atoms with Crippen LogP contribution in [-0.2, 0) is 4.79 Å². The third-order valence-corrected chi connectivity index (χ3v) is 7.00. The Kier molecular flexibility index (Phi) is 6.18. The molecule has 6 nitrogen and oxygen atoms in total. The first kappa shape index (κ1) is 21.7. The van der Waals surface area contributed by atoms with Gasteiger partial charge >= 0.3 is 0 Å². The number of benzene rings is 2. The number of anilines is 2. The van der Waals surface area contributed by atoms with Gasteiger partial charge in [-0.1, -0.05) is 37.3 Å². The minimum absolute atomic E-state index is 0.157. The van der Waals surface area contributed by atoms with Crippen LogP contribution in [0.15, 0.2) is 60.9 Å². The topological polar surface area (TPSA) is 62.2 Å². The molecule has 0 saturated carbocycles. The lowest BCUT2D eigenvalue weighted by Crippen LogP contribution is -2.44. The van der Waals surface area contributed by atoms with Crippen LogP contribution >= 0.6 is 0 Å². The van der Waals surface area contributed by atoms with Gasteiger partial charge in [0.2, 0.25) is 5.91 Å². The second-order valence-electron chi connectivity index (χ2n) is 9.23. The number of hydrogen-bond acceptors (Lipinski definition) is 4. The molecule has 6 heteroatoms. The Morgan fingerprint density at radius 3 is 2.61 bits per heavy atom. The van der Waals surface area contributed by atoms with Crippen LogP contribution in [0.3, 0.4) is 0 Å². The van der Waals surface area contributed by atoms with Gasteiger partial charge in [-0.3, -0.25) is 9.48 Å². The van der Waals surface area contributed by atoms with Crippen molar-refractivity contribution in [3.05, 3.63) is 66.5 Å². The Hall–Kier alpha value is -3.12. The fourth-order valence-electron chi connectivity index (χ4n) is 5.22. The molecule has 2 aliphatic heterocycles. The van der Waals surface area contributed by atoms with Crippen LogP contribution in [0.25, 0.3) is 11.1 Å². The van der Waals surface area contributed by atoms with Crippen LogP contribution < -0.4 is 15.5 Å². The molecular weight excluding hydrogens is 410 g/mol. The second-order valence-corrected chi connectivity index (χ2v) is 9.23. The standard InChI is InChI=1S/C27H33N5O/c1-3-27(33)32-19(2)16-25(24-6-4-5-7-26(24)32)30-22-10-8-20(9-11-22)21-17-29-31(18-21)23-12-14-28-15-13-23/h4-11,17-19,23,25,28,30H,3,12-16H2,1-2H3/t19-,25+/m0/s1. The van der Waals surface area contributed by atoms with E-state index in [1.54, 1.807) is 0 Å². The molecule has 2 atom stereocenters. The first-order valence-corrected chi connectivity index (χ1v) is 12.2. The van der Waals surface area contributed by atoms with Crippen molar-refractivity contribution >= 4 is 17.3 Å². The number of para-hydroxylation sites is 1. The predicted octanol–water partition coefficient (Wildman–Crippen LogP) is 5.16. The highest BCUT2D eigenvalue weighted by atomic mass is 16.2. The molecule has 0 bridgehead atoms. The summed E-state index contributed by atoms with van der Waals surface area (Å²) in [4.78, 5) is 14.5. The van der Waals surface area contributed by atoms with Crippen molar-refractivity contribution in [2.75, 3.05) is 23.3 Å². The molecule has 1 saturated heterocycles. The third-order valence-electron chi connectivity index (χ3n) is 7.00. The van der Waals surface area contributed by atoms with Gasteiger partial charge in [-0.15, -0.1) is 0 Å². The van der Waals surface area contributed by atoms with Gasteiger partial charge in [0.1, 0.15) is 0 Å². The Labute approximate surface area is 196 Å². The number of nitrogens with one attached hydrogen (secondary N) is 2. The zero-order chi connectivity index (χ0) is 22.8. The monoisotopic (exact) mass is 443 g/mol. The molecule has 2 aliphatic rings. The summed E-state index contributed by atoms with van der Waals surface area (Å²) in [6.07, 6.45) is 7.82. The maximum atomic E-state index is 12.6. The van der Waals surface area contributed by atoms with E-state index in [1.807, 2.05) is 24.1 Å². The van der Waals surface area contributed by atoms with Gasteiger partial charge in [0.05, 0.1) is 18.3 Å². The number of hydrogen-bond donors (Lipinski definition) is 2. The molecule has 0 aliphatic carbocycles.